The van der Waals surface area contributed by atoms with Gasteiger partial charge in [0.15, 0.2) is 21.6 Å². The zero-order chi connectivity index (χ0) is 11.7. The minimum atomic E-state index is -1.09. The fraction of sp³-hybridized carbons (Fsp3) is 0.125. The maximum Gasteiger partial charge on any atom is 0.349 e. The first kappa shape index (κ1) is 10.4. The van der Waals surface area contributed by atoms with Crippen LogP contribution in [0.2, 0.25) is 0 Å². The molecule has 0 aliphatic rings. The molecule has 7 nitrogen and oxygen atoms in total. The zero-order valence-electron chi connectivity index (χ0n) is 8.25. The Kier molecular flexibility index (Phi) is 2.49. The van der Waals surface area contributed by atoms with Gasteiger partial charge < -0.3 is 20.3 Å². The molecule has 0 amide bonds. The molecule has 0 saturated carbocycles. The minimum absolute atomic E-state index is 0.00263. The third kappa shape index (κ3) is 1.70. The summed E-state index contributed by atoms with van der Waals surface area (Å²) in [6.45, 7) is 0. The van der Waals surface area contributed by atoms with Crippen molar-refractivity contribution < 1.29 is 14.4 Å². The molecule has 0 radical (unpaired) electrons. The summed E-state index contributed by atoms with van der Waals surface area (Å²) in [6.07, 6.45) is 1.42. The van der Waals surface area contributed by atoms with Gasteiger partial charge in [0.2, 0.25) is 0 Å². The van der Waals surface area contributed by atoms with Crippen molar-refractivity contribution in [2.45, 2.75) is 0 Å². The summed E-state index contributed by atoms with van der Waals surface area (Å²) in [7, 11) is 1.70. The number of aromatic carboxylic acids is 1. The number of carboxylic acids is 1. The summed E-state index contributed by atoms with van der Waals surface area (Å²) in [5, 5.41) is 13.0. The standard InChI is InChI=1S/C8H8N4O3S/c1-12(4-2-3-15-11-4)8-10-6(9)5(16-8)7(13)14/h2-3H,9H2,1H3,(H,13,14). The number of nitrogens with zero attached hydrogens (tertiary/aromatic N) is 3. The molecule has 0 spiro atoms. The number of aromatic nitrogens is 2. The van der Waals surface area contributed by atoms with E-state index in [9.17, 15) is 4.79 Å². The molecule has 16 heavy (non-hydrogen) atoms. The summed E-state index contributed by atoms with van der Waals surface area (Å²) in [5.74, 6) is -0.552. The van der Waals surface area contributed by atoms with Crippen molar-refractivity contribution in [1.29, 1.82) is 0 Å². The largest absolute Gasteiger partial charge is 0.477 e. The van der Waals surface area contributed by atoms with Crippen LogP contribution in [0.25, 0.3) is 0 Å². The first-order valence-corrected chi connectivity index (χ1v) is 5.05. The topological polar surface area (TPSA) is 105 Å². The van der Waals surface area contributed by atoms with Gasteiger partial charge in [-0.25, -0.2) is 9.78 Å². The Balaban J connectivity index is 2.35. The van der Waals surface area contributed by atoms with E-state index in [1.807, 2.05) is 0 Å². The Hall–Kier alpha value is -2.09. The molecule has 0 unspecified atom stereocenters. The number of nitrogens with two attached hydrogens (primary N) is 1. The lowest BCUT2D eigenvalue weighted by Crippen LogP contribution is -2.09. The maximum absolute atomic E-state index is 10.8. The molecule has 0 atom stereocenters. The van der Waals surface area contributed by atoms with Gasteiger partial charge in [0.05, 0.1) is 0 Å². The third-order valence-electron chi connectivity index (χ3n) is 1.89. The maximum atomic E-state index is 10.8. The summed E-state index contributed by atoms with van der Waals surface area (Å²) in [5.41, 5.74) is 5.48. The number of rotatable bonds is 3. The lowest BCUT2D eigenvalue weighted by atomic mass is 10.5. The van der Waals surface area contributed by atoms with Gasteiger partial charge in [-0.3, -0.25) is 0 Å². The van der Waals surface area contributed by atoms with Crippen molar-refractivity contribution in [2.75, 3.05) is 17.7 Å². The molecule has 2 aromatic heterocycles. The van der Waals surface area contributed by atoms with Crippen LogP contribution in [-0.2, 0) is 0 Å². The Labute approximate surface area is 94.1 Å². The van der Waals surface area contributed by atoms with E-state index < -0.39 is 5.97 Å². The SMILES string of the molecule is CN(c1ccon1)c1nc(N)c(C(=O)O)s1. The van der Waals surface area contributed by atoms with Gasteiger partial charge in [-0.1, -0.05) is 16.5 Å². The predicted octanol–water partition coefficient (Wildman–Crippen LogP) is 1.18. The highest BCUT2D eigenvalue weighted by molar-refractivity contribution is 7.18. The van der Waals surface area contributed by atoms with E-state index in [1.54, 1.807) is 18.0 Å². The molecule has 0 aliphatic carbocycles. The Bertz CT molecular complexity index is 507. The quantitative estimate of drug-likeness (QED) is 0.829. The van der Waals surface area contributed by atoms with Crippen LogP contribution < -0.4 is 10.6 Å². The van der Waals surface area contributed by atoms with Gasteiger partial charge in [-0.15, -0.1) is 0 Å². The lowest BCUT2D eigenvalue weighted by Gasteiger charge is -2.09. The highest BCUT2D eigenvalue weighted by Crippen LogP contribution is 2.30. The van der Waals surface area contributed by atoms with Crippen molar-refractivity contribution >= 4 is 34.1 Å². The fourth-order valence-electron chi connectivity index (χ4n) is 1.09. The Morgan fingerprint density at radius 3 is 2.94 bits per heavy atom. The van der Waals surface area contributed by atoms with Gasteiger partial charge in [0.1, 0.15) is 6.26 Å². The lowest BCUT2D eigenvalue weighted by molar-refractivity contribution is 0.0703. The smallest absolute Gasteiger partial charge is 0.349 e. The second-order valence-corrected chi connectivity index (χ2v) is 3.91. The molecule has 2 rings (SSSR count). The van der Waals surface area contributed by atoms with Gasteiger partial charge in [0.25, 0.3) is 0 Å². The second-order valence-electron chi connectivity index (χ2n) is 2.93. The summed E-state index contributed by atoms with van der Waals surface area (Å²) in [6, 6.07) is 1.64. The number of carboxylic acid groups (broad SMARTS) is 1. The van der Waals surface area contributed by atoms with Crippen molar-refractivity contribution in [3.05, 3.63) is 17.2 Å². The summed E-state index contributed by atoms with van der Waals surface area (Å²) < 4.78 is 4.68. The van der Waals surface area contributed by atoms with E-state index in [2.05, 4.69) is 14.7 Å². The molecule has 0 aliphatic heterocycles. The summed E-state index contributed by atoms with van der Waals surface area (Å²) >= 11 is 0.983. The van der Waals surface area contributed by atoms with Crippen LogP contribution in [0.4, 0.5) is 16.8 Å². The van der Waals surface area contributed by atoms with Crippen LogP contribution >= 0.6 is 11.3 Å². The molecule has 2 heterocycles. The predicted molar refractivity (Wildman–Crippen MR) is 58.1 cm³/mol. The molecule has 0 saturated heterocycles. The van der Waals surface area contributed by atoms with Crippen molar-refractivity contribution in [3.8, 4) is 0 Å². The monoisotopic (exact) mass is 240 g/mol. The first-order valence-electron chi connectivity index (χ1n) is 4.23. The van der Waals surface area contributed by atoms with Crippen molar-refractivity contribution in [1.82, 2.24) is 10.1 Å². The van der Waals surface area contributed by atoms with Gasteiger partial charge in [-0.2, -0.15) is 0 Å². The third-order valence-corrected chi connectivity index (χ3v) is 3.03. The van der Waals surface area contributed by atoms with Crippen molar-refractivity contribution in [3.63, 3.8) is 0 Å². The number of thiazole rings is 1. The van der Waals surface area contributed by atoms with Crippen LogP contribution in [0.15, 0.2) is 16.9 Å². The minimum Gasteiger partial charge on any atom is -0.477 e. The highest BCUT2D eigenvalue weighted by atomic mass is 32.1. The van der Waals surface area contributed by atoms with Gasteiger partial charge in [0, 0.05) is 13.1 Å². The number of hydrogen-bond donors (Lipinski definition) is 2. The van der Waals surface area contributed by atoms with Gasteiger partial charge in [-0.05, 0) is 0 Å². The average Bonchev–Trinajstić information content (AvgIpc) is 2.84. The van der Waals surface area contributed by atoms with E-state index in [0.717, 1.165) is 11.3 Å². The molecule has 2 aromatic rings. The van der Waals surface area contributed by atoms with Crippen LogP contribution in [0.3, 0.4) is 0 Å². The first-order chi connectivity index (χ1) is 7.59. The number of carbonyl (C=O) groups is 1. The van der Waals surface area contributed by atoms with Crippen molar-refractivity contribution in [2.24, 2.45) is 0 Å². The number of hydrogen-bond acceptors (Lipinski definition) is 7. The Morgan fingerprint density at radius 1 is 1.69 bits per heavy atom. The number of nitrogen functional groups attached to an aromatic ring is 1. The van der Waals surface area contributed by atoms with Crippen LogP contribution in [-0.4, -0.2) is 28.3 Å². The molecular formula is C8H8N4O3S. The van der Waals surface area contributed by atoms with Crippen LogP contribution in [0, 0.1) is 0 Å². The van der Waals surface area contributed by atoms with Crippen LogP contribution in [0.5, 0.6) is 0 Å². The van der Waals surface area contributed by atoms with E-state index in [0.29, 0.717) is 10.9 Å². The zero-order valence-corrected chi connectivity index (χ0v) is 9.06. The Morgan fingerprint density at radius 2 is 2.44 bits per heavy atom. The molecule has 0 fully saturated rings. The van der Waals surface area contributed by atoms with E-state index in [-0.39, 0.29) is 10.7 Å². The molecule has 8 heteroatoms. The van der Waals surface area contributed by atoms with Crippen LogP contribution in [0.1, 0.15) is 9.67 Å². The summed E-state index contributed by atoms with van der Waals surface area (Å²) in [4.78, 5) is 16.3. The molecule has 0 aromatic carbocycles. The highest BCUT2D eigenvalue weighted by Gasteiger charge is 2.18. The van der Waals surface area contributed by atoms with Gasteiger partial charge >= 0.3 is 5.97 Å². The normalized spacial score (nSPS) is 10.3. The average molecular weight is 240 g/mol. The molecular weight excluding hydrogens is 232 g/mol. The fourth-order valence-corrected chi connectivity index (χ4v) is 1.89. The number of anilines is 3. The molecule has 3 N–H and O–H groups in total. The second kappa shape index (κ2) is 3.81. The van der Waals surface area contributed by atoms with E-state index in [4.69, 9.17) is 10.8 Å². The molecule has 84 valence electrons. The molecule has 0 bridgehead atoms. The van der Waals surface area contributed by atoms with E-state index in [1.165, 1.54) is 6.26 Å². The van der Waals surface area contributed by atoms with E-state index >= 15 is 0 Å².